The summed E-state index contributed by atoms with van der Waals surface area (Å²) in [5.74, 6) is -0.0632. The fourth-order valence-corrected chi connectivity index (χ4v) is 2.80. The van der Waals surface area contributed by atoms with E-state index in [-0.39, 0.29) is 5.91 Å². The van der Waals surface area contributed by atoms with Crippen LogP contribution in [-0.2, 0) is 11.2 Å². The van der Waals surface area contributed by atoms with Gasteiger partial charge in [0.05, 0.1) is 40.0 Å². The molecule has 1 aromatic carbocycles. The Kier molecular flexibility index (Phi) is 4.50. The Hall–Kier alpha value is -2.18. The zero-order chi connectivity index (χ0) is 15.4. The molecular weight excluding hydrogens is 320 g/mol. The summed E-state index contributed by atoms with van der Waals surface area (Å²) in [5, 5.41) is 9.59. The van der Waals surface area contributed by atoms with Crippen molar-refractivity contribution < 1.29 is 4.79 Å². The topological polar surface area (TPSA) is 59.8 Å². The van der Waals surface area contributed by atoms with Gasteiger partial charge in [-0.1, -0.05) is 23.7 Å². The van der Waals surface area contributed by atoms with E-state index in [4.69, 9.17) is 11.6 Å². The van der Waals surface area contributed by atoms with Gasteiger partial charge in [-0.25, -0.2) is 9.67 Å². The van der Waals surface area contributed by atoms with E-state index in [0.29, 0.717) is 23.6 Å². The maximum Gasteiger partial charge on any atom is 0.224 e. The minimum atomic E-state index is -0.0632. The molecule has 0 aliphatic heterocycles. The van der Waals surface area contributed by atoms with Crippen molar-refractivity contribution in [2.45, 2.75) is 12.8 Å². The number of hydrogen-bond donors (Lipinski definition) is 1. The minimum Gasteiger partial charge on any atom is -0.323 e. The molecule has 2 heterocycles. The van der Waals surface area contributed by atoms with Crippen molar-refractivity contribution in [3.05, 3.63) is 58.3 Å². The van der Waals surface area contributed by atoms with E-state index >= 15 is 0 Å². The predicted octanol–water partition coefficient (Wildman–Crippen LogP) is 3.55. The number of carbonyl (C=O) groups excluding carboxylic acids is 1. The first kappa shape index (κ1) is 14.7. The van der Waals surface area contributed by atoms with E-state index in [9.17, 15) is 4.79 Å². The number of para-hydroxylation sites is 1. The lowest BCUT2D eigenvalue weighted by molar-refractivity contribution is -0.116. The zero-order valence-corrected chi connectivity index (χ0v) is 13.1. The summed E-state index contributed by atoms with van der Waals surface area (Å²) >= 11 is 7.66. The van der Waals surface area contributed by atoms with Crippen LogP contribution in [0.1, 0.15) is 12.1 Å². The molecule has 0 saturated carbocycles. The van der Waals surface area contributed by atoms with Gasteiger partial charge < -0.3 is 5.32 Å². The molecule has 0 aliphatic carbocycles. The highest BCUT2D eigenvalue weighted by Crippen LogP contribution is 2.20. The summed E-state index contributed by atoms with van der Waals surface area (Å²) in [6.45, 7) is 0. The van der Waals surface area contributed by atoms with E-state index in [1.165, 1.54) is 11.3 Å². The number of aromatic nitrogens is 3. The van der Waals surface area contributed by atoms with E-state index in [1.807, 2.05) is 23.6 Å². The number of thiazole rings is 1. The number of anilines is 1. The first-order valence-electron chi connectivity index (χ1n) is 6.69. The smallest absolute Gasteiger partial charge is 0.224 e. The van der Waals surface area contributed by atoms with Crippen LogP contribution in [0.2, 0.25) is 5.02 Å². The minimum absolute atomic E-state index is 0.0632. The van der Waals surface area contributed by atoms with Crippen molar-refractivity contribution in [2.24, 2.45) is 0 Å². The molecule has 0 fully saturated rings. The summed E-state index contributed by atoms with van der Waals surface area (Å²) in [4.78, 5) is 16.1. The van der Waals surface area contributed by atoms with Crippen LogP contribution in [0.15, 0.2) is 47.5 Å². The summed E-state index contributed by atoms with van der Waals surface area (Å²) < 4.78 is 1.64. The molecule has 112 valence electrons. The van der Waals surface area contributed by atoms with Crippen LogP contribution in [0.5, 0.6) is 0 Å². The maximum absolute atomic E-state index is 11.9. The third-order valence-corrected chi connectivity index (χ3v) is 4.01. The molecule has 0 bridgehead atoms. The lowest BCUT2D eigenvalue weighted by Gasteiger charge is -2.03. The number of benzene rings is 1. The number of aryl methyl sites for hydroxylation is 1. The molecule has 5 nitrogen and oxygen atoms in total. The Balaban J connectivity index is 1.62. The first-order chi connectivity index (χ1) is 10.7. The molecule has 7 heteroatoms. The van der Waals surface area contributed by atoms with Gasteiger partial charge in [-0.2, -0.15) is 5.10 Å². The molecule has 3 rings (SSSR count). The number of hydrogen-bond acceptors (Lipinski definition) is 4. The number of nitrogens with one attached hydrogen (secondary N) is 1. The second kappa shape index (κ2) is 6.72. The molecule has 0 unspecified atom stereocenters. The van der Waals surface area contributed by atoms with Gasteiger partial charge in [0.1, 0.15) is 0 Å². The molecule has 3 aromatic rings. The van der Waals surface area contributed by atoms with Gasteiger partial charge in [0.2, 0.25) is 5.91 Å². The Labute approximate surface area is 136 Å². The third kappa shape index (κ3) is 3.52. The first-order valence-corrected chi connectivity index (χ1v) is 8.01. The van der Waals surface area contributed by atoms with Crippen molar-refractivity contribution in [2.75, 3.05) is 5.32 Å². The fraction of sp³-hybridized carbons (Fsp3) is 0.133. The Morgan fingerprint density at radius 3 is 3.00 bits per heavy atom. The molecule has 1 amide bonds. The van der Waals surface area contributed by atoms with Crippen molar-refractivity contribution in [3.8, 4) is 5.69 Å². The normalized spacial score (nSPS) is 10.6. The van der Waals surface area contributed by atoms with E-state index in [0.717, 1.165) is 11.4 Å². The number of carbonyl (C=O) groups is 1. The van der Waals surface area contributed by atoms with Crippen LogP contribution >= 0.6 is 22.9 Å². The van der Waals surface area contributed by atoms with Crippen molar-refractivity contribution >= 4 is 34.5 Å². The summed E-state index contributed by atoms with van der Waals surface area (Å²) in [6.07, 6.45) is 4.36. The molecule has 0 aliphatic rings. The summed E-state index contributed by atoms with van der Waals surface area (Å²) in [5.41, 5.74) is 4.11. The van der Waals surface area contributed by atoms with Crippen LogP contribution in [0.4, 0.5) is 5.69 Å². The monoisotopic (exact) mass is 332 g/mol. The van der Waals surface area contributed by atoms with Crippen LogP contribution in [0.3, 0.4) is 0 Å². The predicted molar refractivity (Wildman–Crippen MR) is 87.6 cm³/mol. The Bertz CT molecular complexity index is 769. The lowest BCUT2D eigenvalue weighted by Crippen LogP contribution is -2.11. The molecule has 22 heavy (non-hydrogen) atoms. The second-order valence-corrected chi connectivity index (χ2v) is 5.78. The van der Waals surface area contributed by atoms with Gasteiger partial charge in [-0.3, -0.25) is 4.79 Å². The lowest BCUT2D eigenvalue weighted by atomic mass is 10.2. The van der Waals surface area contributed by atoms with Crippen LogP contribution in [-0.4, -0.2) is 20.7 Å². The SMILES string of the molecule is O=C(CCc1cscn1)Nc1cnn(-c2ccccc2Cl)c1. The molecular formula is C15H13ClN4OS. The van der Waals surface area contributed by atoms with Crippen molar-refractivity contribution in [1.29, 1.82) is 0 Å². The van der Waals surface area contributed by atoms with E-state index in [2.05, 4.69) is 15.4 Å². The standard InChI is InChI=1S/C15H13ClN4OS/c16-13-3-1-2-4-14(13)20-8-12(7-18-20)19-15(21)6-5-11-9-22-10-17-11/h1-4,7-10H,5-6H2,(H,19,21). The van der Waals surface area contributed by atoms with Gasteiger partial charge in [-0.05, 0) is 18.6 Å². The third-order valence-electron chi connectivity index (χ3n) is 3.06. The van der Waals surface area contributed by atoms with Gasteiger partial charge in [0, 0.05) is 11.8 Å². The molecule has 0 saturated heterocycles. The highest BCUT2D eigenvalue weighted by molar-refractivity contribution is 7.07. The molecule has 0 atom stereocenters. The van der Waals surface area contributed by atoms with Crippen LogP contribution < -0.4 is 5.32 Å². The average molecular weight is 333 g/mol. The van der Waals surface area contributed by atoms with Crippen LogP contribution in [0.25, 0.3) is 5.69 Å². The van der Waals surface area contributed by atoms with E-state index in [1.54, 1.807) is 28.7 Å². The molecule has 0 radical (unpaired) electrons. The number of halogens is 1. The number of nitrogens with zero attached hydrogens (tertiary/aromatic N) is 3. The van der Waals surface area contributed by atoms with Gasteiger partial charge in [0.15, 0.2) is 0 Å². The van der Waals surface area contributed by atoms with Crippen LogP contribution in [0, 0.1) is 0 Å². The van der Waals surface area contributed by atoms with Gasteiger partial charge >= 0.3 is 0 Å². The zero-order valence-electron chi connectivity index (χ0n) is 11.6. The largest absolute Gasteiger partial charge is 0.323 e. The average Bonchev–Trinajstić information content (AvgIpc) is 3.17. The van der Waals surface area contributed by atoms with Crippen molar-refractivity contribution in [3.63, 3.8) is 0 Å². The van der Waals surface area contributed by atoms with Gasteiger partial charge in [0.25, 0.3) is 0 Å². The maximum atomic E-state index is 11.9. The Morgan fingerprint density at radius 1 is 1.36 bits per heavy atom. The van der Waals surface area contributed by atoms with Crippen molar-refractivity contribution in [1.82, 2.24) is 14.8 Å². The fourth-order valence-electron chi connectivity index (χ4n) is 1.98. The van der Waals surface area contributed by atoms with E-state index < -0.39 is 0 Å². The number of rotatable bonds is 5. The summed E-state index contributed by atoms with van der Waals surface area (Å²) in [7, 11) is 0. The highest BCUT2D eigenvalue weighted by atomic mass is 35.5. The highest BCUT2D eigenvalue weighted by Gasteiger charge is 2.08. The summed E-state index contributed by atoms with van der Waals surface area (Å²) in [6, 6.07) is 7.40. The molecule has 2 aromatic heterocycles. The number of amides is 1. The Morgan fingerprint density at radius 2 is 2.23 bits per heavy atom. The quantitative estimate of drug-likeness (QED) is 0.777. The van der Waals surface area contributed by atoms with Gasteiger partial charge in [-0.15, -0.1) is 11.3 Å². The second-order valence-electron chi connectivity index (χ2n) is 4.65. The molecule has 0 spiro atoms. The molecule has 1 N–H and O–H groups in total.